The molecular weight excluding hydrogens is 524 g/mol. The standard InChI is InChI=1S/C33H52O6S/c1-21(2)37-20-33(38-22(3)4)19-32-16-15-27-30(6,7)29(34)26(18-31(27,8)28(32)14-11-24(33)17-32)39-40(35,36)25-12-9-23(5)10-13-25/h9-10,12-13,21-22,24,26-29,34H,11,14-20H2,1-8H3/t24-,26-,27+,28-,29-,31+,32+,33+/m1/s1. The Hall–Kier alpha value is -0.990. The van der Waals surface area contributed by atoms with Crippen molar-refractivity contribution in [2.75, 3.05) is 6.61 Å². The summed E-state index contributed by atoms with van der Waals surface area (Å²) in [4.78, 5) is 0.146. The van der Waals surface area contributed by atoms with Crippen LogP contribution in [0.5, 0.6) is 0 Å². The number of ether oxygens (including phenoxy) is 2. The Bertz CT molecular complexity index is 1180. The SMILES string of the molecule is Cc1ccc(S(=O)(=O)O[C@@H]2C[C@@]3(C)[C@@H](CC[C@@]45C[C@@H](CC[C@@H]43)[C@](COC(C)C)(OC(C)C)C5)C(C)(C)[C@@H]2O)cc1. The summed E-state index contributed by atoms with van der Waals surface area (Å²) in [5.41, 5.74) is 0.243. The molecule has 226 valence electrons. The van der Waals surface area contributed by atoms with Crippen molar-refractivity contribution in [2.24, 2.45) is 34.0 Å². The van der Waals surface area contributed by atoms with Gasteiger partial charge in [0.25, 0.3) is 10.1 Å². The lowest BCUT2D eigenvalue weighted by molar-refractivity contribution is -0.212. The summed E-state index contributed by atoms with van der Waals surface area (Å²) in [6.45, 7) is 17.6. The average Bonchev–Trinajstić information content (AvgIpc) is 3.06. The van der Waals surface area contributed by atoms with Crippen molar-refractivity contribution in [1.82, 2.24) is 0 Å². The zero-order valence-corrected chi connectivity index (χ0v) is 26.7. The van der Waals surface area contributed by atoms with Gasteiger partial charge in [0, 0.05) is 0 Å². The highest BCUT2D eigenvalue weighted by Gasteiger charge is 2.70. The van der Waals surface area contributed by atoms with Gasteiger partial charge in [0.15, 0.2) is 0 Å². The molecule has 0 heterocycles. The van der Waals surface area contributed by atoms with Gasteiger partial charge in [-0.2, -0.15) is 8.42 Å². The molecule has 7 heteroatoms. The fourth-order valence-corrected chi connectivity index (χ4v) is 11.1. The summed E-state index contributed by atoms with van der Waals surface area (Å²) >= 11 is 0. The summed E-state index contributed by atoms with van der Waals surface area (Å²) < 4.78 is 45.8. The molecule has 6 nitrogen and oxygen atoms in total. The van der Waals surface area contributed by atoms with E-state index in [1.165, 1.54) is 0 Å². The second-order valence-corrected chi connectivity index (χ2v) is 16.7. The quantitative estimate of drug-likeness (QED) is 0.348. The number of aliphatic hydroxyl groups excluding tert-OH is 1. The van der Waals surface area contributed by atoms with Gasteiger partial charge in [-0.05, 0) is 126 Å². The third-order valence-electron chi connectivity index (χ3n) is 11.5. The molecular formula is C33H52O6S. The molecule has 0 amide bonds. The highest BCUT2D eigenvalue weighted by Crippen LogP contribution is 2.73. The van der Waals surface area contributed by atoms with Crippen molar-refractivity contribution in [2.45, 2.75) is 135 Å². The third-order valence-corrected chi connectivity index (χ3v) is 12.8. The van der Waals surface area contributed by atoms with Crippen LogP contribution in [0.1, 0.15) is 99.0 Å². The first-order chi connectivity index (χ1) is 18.5. The van der Waals surface area contributed by atoms with Crippen LogP contribution in [0, 0.1) is 40.9 Å². The Labute approximate surface area is 242 Å². The molecule has 4 saturated carbocycles. The van der Waals surface area contributed by atoms with Crippen LogP contribution in [-0.2, 0) is 23.8 Å². The van der Waals surface area contributed by atoms with Crippen LogP contribution in [0.15, 0.2) is 29.2 Å². The van der Waals surface area contributed by atoms with Crippen molar-refractivity contribution in [3.05, 3.63) is 29.8 Å². The van der Waals surface area contributed by atoms with Gasteiger partial charge in [-0.25, -0.2) is 0 Å². The lowest BCUT2D eigenvalue weighted by Gasteiger charge is -2.65. The Morgan fingerprint density at radius 2 is 1.62 bits per heavy atom. The van der Waals surface area contributed by atoms with Gasteiger partial charge >= 0.3 is 0 Å². The van der Waals surface area contributed by atoms with Crippen molar-refractivity contribution in [3.63, 3.8) is 0 Å². The Morgan fingerprint density at radius 3 is 2.25 bits per heavy atom. The van der Waals surface area contributed by atoms with Gasteiger partial charge in [0.05, 0.1) is 35.4 Å². The monoisotopic (exact) mass is 576 g/mol. The van der Waals surface area contributed by atoms with Crippen molar-refractivity contribution >= 4 is 10.1 Å². The van der Waals surface area contributed by atoms with E-state index in [0.717, 1.165) is 44.1 Å². The van der Waals surface area contributed by atoms with Gasteiger partial charge in [-0.3, -0.25) is 4.18 Å². The maximum Gasteiger partial charge on any atom is 0.297 e. The summed E-state index contributed by atoms with van der Waals surface area (Å²) in [5, 5.41) is 11.6. The smallest absolute Gasteiger partial charge is 0.297 e. The van der Waals surface area contributed by atoms with Gasteiger partial charge in [-0.15, -0.1) is 0 Å². The molecule has 0 aliphatic heterocycles. The number of hydrogen-bond donors (Lipinski definition) is 1. The number of hydrogen-bond acceptors (Lipinski definition) is 6. The molecule has 4 aliphatic rings. The van der Waals surface area contributed by atoms with E-state index in [2.05, 4.69) is 48.5 Å². The minimum Gasteiger partial charge on any atom is -0.390 e. The highest BCUT2D eigenvalue weighted by molar-refractivity contribution is 7.86. The molecule has 5 rings (SSSR count). The molecule has 0 saturated heterocycles. The molecule has 0 aromatic heterocycles. The number of fused-ring (bicyclic) bond motifs is 3. The Kier molecular flexibility index (Phi) is 7.86. The first-order valence-electron chi connectivity index (χ1n) is 15.5. The van der Waals surface area contributed by atoms with E-state index in [1.807, 2.05) is 6.92 Å². The van der Waals surface area contributed by atoms with Crippen LogP contribution < -0.4 is 0 Å². The number of benzene rings is 1. The maximum absolute atomic E-state index is 13.4. The normalized spacial score (nSPS) is 40.7. The second kappa shape index (κ2) is 10.3. The largest absolute Gasteiger partial charge is 0.390 e. The molecule has 4 fully saturated rings. The zero-order valence-electron chi connectivity index (χ0n) is 25.9. The molecule has 1 aromatic rings. The second-order valence-electron chi connectivity index (χ2n) is 15.1. The first-order valence-corrected chi connectivity index (χ1v) is 16.9. The predicted octanol–water partition coefficient (Wildman–Crippen LogP) is 6.67. The fraction of sp³-hybridized carbons (Fsp3) is 0.818. The minimum atomic E-state index is -4.01. The molecule has 1 spiro atoms. The van der Waals surface area contributed by atoms with Crippen LogP contribution >= 0.6 is 0 Å². The molecule has 40 heavy (non-hydrogen) atoms. The molecule has 2 bridgehead atoms. The summed E-state index contributed by atoms with van der Waals surface area (Å²) in [7, 11) is -4.01. The van der Waals surface area contributed by atoms with Gasteiger partial charge < -0.3 is 14.6 Å². The van der Waals surface area contributed by atoms with E-state index in [0.29, 0.717) is 24.9 Å². The Morgan fingerprint density at radius 1 is 0.950 bits per heavy atom. The highest BCUT2D eigenvalue weighted by atomic mass is 32.2. The summed E-state index contributed by atoms with van der Waals surface area (Å²) in [6, 6.07) is 6.76. The number of aliphatic hydroxyl groups is 1. The van der Waals surface area contributed by atoms with E-state index in [9.17, 15) is 13.5 Å². The van der Waals surface area contributed by atoms with Crippen LogP contribution in [0.25, 0.3) is 0 Å². The van der Waals surface area contributed by atoms with Crippen LogP contribution in [0.2, 0.25) is 0 Å². The molecule has 4 aliphatic carbocycles. The van der Waals surface area contributed by atoms with E-state index in [4.69, 9.17) is 13.7 Å². The molecule has 0 unspecified atom stereocenters. The number of aryl methyl sites for hydroxylation is 1. The Balaban J connectivity index is 1.47. The zero-order chi connectivity index (χ0) is 29.3. The predicted molar refractivity (Wildman–Crippen MR) is 156 cm³/mol. The van der Waals surface area contributed by atoms with E-state index in [1.54, 1.807) is 24.3 Å². The maximum atomic E-state index is 13.4. The molecule has 0 radical (unpaired) electrons. The summed E-state index contributed by atoms with van der Waals surface area (Å²) in [6.07, 6.45) is 5.70. The fourth-order valence-electron chi connectivity index (χ4n) is 10.1. The molecule has 8 atom stereocenters. The van der Waals surface area contributed by atoms with E-state index < -0.39 is 27.7 Å². The van der Waals surface area contributed by atoms with Gasteiger partial charge in [-0.1, -0.05) is 38.5 Å². The number of rotatable bonds is 8. The van der Waals surface area contributed by atoms with Crippen molar-refractivity contribution in [3.8, 4) is 0 Å². The topological polar surface area (TPSA) is 82.1 Å². The van der Waals surface area contributed by atoms with E-state index >= 15 is 0 Å². The van der Waals surface area contributed by atoms with Crippen LogP contribution in [0.4, 0.5) is 0 Å². The molecule has 1 aromatic carbocycles. The lowest BCUT2D eigenvalue weighted by Crippen LogP contribution is -2.63. The third kappa shape index (κ3) is 5.00. The van der Waals surface area contributed by atoms with E-state index in [-0.39, 0.29) is 39.5 Å². The van der Waals surface area contributed by atoms with Crippen LogP contribution in [0.3, 0.4) is 0 Å². The van der Waals surface area contributed by atoms with Crippen molar-refractivity contribution < 1.29 is 27.2 Å². The summed E-state index contributed by atoms with van der Waals surface area (Å²) in [5.74, 6) is 1.19. The minimum absolute atomic E-state index is 0.130. The molecule has 1 N–H and O–H groups in total. The lowest BCUT2D eigenvalue weighted by atomic mass is 9.40. The van der Waals surface area contributed by atoms with Gasteiger partial charge in [0.2, 0.25) is 0 Å². The first kappa shape index (κ1) is 30.5. The average molecular weight is 577 g/mol. The van der Waals surface area contributed by atoms with Gasteiger partial charge in [0.1, 0.15) is 6.10 Å². The van der Waals surface area contributed by atoms with Crippen LogP contribution in [-0.4, -0.2) is 50.1 Å². The van der Waals surface area contributed by atoms with Crippen molar-refractivity contribution in [1.29, 1.82) is 0 Å².